The number of aryl methyl sites for hydroxylation is 2. The second-order valence-corrected chi connectivity index (χ2v) is 25.9. The molecule has 3 aromatic heterocycles. The third-order valence-electron chi connectivity index (χ3n) is 19.3. The highest BCUT2D eigenvalue weighted by molar-refractivity contribution is 6.00. The molecule has 0 atom stereocenters. The van der Waals surface area contributed by atoms with Gasteiger partial charge in [0.2, 0.25) is 0 Å². The Labute approximate surface area is 567 Å². The van der Waals surface area contributed by atoms with Gasteiger partial charge in [0.1, 0.15) is 34.5 Å². The minimum atomic E-state index is -0.476. The molecule has 5 aromatic carbocycles. The van der Waals surface area contributed by atoms with Crippen molar-refractivity contribution >= 4 is 52.0 Å². The predicted octanol–water partition coefficient (Wildman–Crippen LogP) is 11.2. The molecule has 22 nitrogen and oxygen atoms in total. The lowest BCUT2D eigenvalue weighted by Crippen LogP contribution is -2.34. The minimum absolute atomic E-state index is 0.0535. The van der Waals surface area contributed by atoms with E-state index in [2.05, 4.69) is 15.7 Å². The number of carbonyl (C=O) groups excluding carboxylic acids is 6. The third kappa shape index (κ3) is 15.4. The minimum Gasteiger partial charge on any atom is -0.395 e. The van der Waals surface area contributed by atoms with Gasteiger partial charge in [-0.1, -0.05) is 48.5 Å². The summed E-state index contributed by atoms with van der Waals surface area (Å²) >= 11 is 0. The van der Waals surface area contributed by atoms with Gasteiger partial charge in [-0.15, -0.1) is 0 Å². The molecule has 514 valence electrons. The standard InChI is InChI=1S/C28H31FN4O4.C26H27FN4O3.C20H26N4O3/c1-17-3-6-21(29)15-23(17)27(35)31-16-19-4-7-22(8-5-19)33-26(18(2)34)24(30)25(32-33)20-9-11-28(12-10-20)36-13-14-37-28;1-15-3-8-19(27)13-22(15)26(34)29-14-17-4-9-20(10-5-17)31-25(16(2)32)23(28)24(30-31)18-6-11-21(33)12-7-18;1-13(25)19-17(22)18(15-6-8-20(9-7-15)26-10-11-27-20)23-24(19)16-4-2-14(12-21)3-5-16/h3-8,15,20H,9-14,16,30H2,1-2H3,(H,31,35);3-5,8-10,13,18H,6-7,11-12,14,28H2,1-2H3,(H,29,34);2-5,15H,6-12,21-22H2,1H3. The Bertz CT molecular complexity index is 4250. The van der Waals surface area contributed by atoms with Gasteiger partial charge >= 0.3 is 0 Å². The number of halogens is 2. The number of hydrogen-bond donors (Lipinski definition) is 6. The van der Waals surface area contributed by atoms with Crippen molar-refractivity contribution in [3.05, 3.63) is 194 Å². The van der Waals surface area contributed by atoms with Gasteiger partial charge in [-0.05, 0) is 141 Å². The van der Waals surface area contributed by atoms with Gasteiger partial charge < -0.3 is 52.5 Å². The van der Waals surface area contributed by atoms with Crippen molar-refractivity contribution in [1.29, 1.82) is 0 Å². The second-order valence-electron chi connectivity index (χ2n) is 25.9. The largest absolute Gasteiger partial charge is 0.395 e. The first-order chi connectivity index (χ1) is 47.0. The molecule has 2 aliphatic heterocycles. The van der Waals surface area contributed by atoms with Crippen molar-refractivity contribution in [2.45, 2.75) is 161 Å². The summed E-state index contributed by atoms with van der Waals surface area (Å²) in [5.74, 6) is -2.32. The van der Waals surface area contributed by atoms with Gasteiger partial charge in [0.15, 0.2) is 28.9 Å². The second kappa shape index (κ2) is 30.0. The average Bonchev–Trinajstić information content (AvgIpc) is 1.63. The zero-order chi connectivity index (χ0) is 69.6. The molecule has 0 bridgehead atoms. The molecule has 2 spiro atoms. The van der Waals surface area contributed by atoms with Gasteiger partial charge in [0.05, 0.1) is 77.6 Å². The topological polar surface area (TPSA) is 321 Å². The molecule has 2 amide bonds. The van der Waals surface area contributed by atoms with Gasteiger partial charge in [-0.3, -0.25) is 28.8 Å². The summed E-state index contributed by atoms with van der Waals surface area (Å²) in [6, 6.07) is 30.6. The van der Waals surface area contributed by atoms with Crippen LogP contribution in [0.1, 0.15) is 213 Å². The summed E-state index contributed by atoms with van der Waals surface area (Å²) in [7, 11) is 0. The average molecular weight is 1340 g/mol. The third-order valence-corrected chi connectivity index (χ3v) is 19.3. The first-order valence-corrected chi connectivity index (χ1v) is 33.4. The summed E-state index contributed by atoms with van der Waals surface area (Å²) in [5.41, 5.74) is 36.4. The number of nitrogen functional groups attached to an aromatic ring is 3. The van der Waals surface area contributed by atoms with Crippen LogP contribution in [0, 0.1) is 25.5 Å². The van der Waals surface area contributed by atoms with E-state index in [1.807, 2.05) is 72.8 Å². The van der Waals surface area contributed by atoms with Crippen LogP contribution in [-0.2, 0) is 43.4 Å². The Kier molecular flexibility index (Phi) is 21.4. The summed E-state index contributed by atoms with van der Waals surface area (Å²) in [6.07, 6.45) is 8.96. The maximum Gasteiger partial charge on any atom is 0.251 e. The molecule has 5 aliphatic rings. The molecule has 98 heavy (non-hydrogen) atoms. The van der Waals surface area contributed by atoms with Gasteiger partial charge in [0.25, 0.3) is 11.8 Å². The summed E-state index contributed by atoms with van der Waals surface area (Å²) in [5, 5.41) is 19.8. The molecule has 5 heterocycles. The van der Waals surface area contributed by atoms with Crippen LogP contribution < -0.4 is 33.6 Å². The number of anilines is 3. The fourth-order valence-electron chi connectivity index (χ4n) is 13.8. The number of ketones is 4. The van der Waals surface area contributed by atoms with Gasteiger partial charge in [-0.25, -0.2) is 22.8 Å². The zero-order valence-electron chi connectivity index (χ0n) is 55.9. The highest BCUT2D eigenvalue weighted by atomic mass is 19.1. The summed E-state index contributed by atoms with van der Waals surface area (Å²) in [4.78, 5) is 73.8. The highest BCUT2D eigenvalue weighted by Crippen LogP contribution is 2.46. The van der Waals surface area contributed by atoms with E-state index in [0.717, 1.165) is 85.1 Å². The smallest absolute Gasteiger partial charge is 0.251 e. The van der Waals surface area contributed by atoms with E-state index < -0.39 is 23.2 Å². The lowest BCUT2D eigenvalue weighted by Gasteiger charge is -2.34. The lowest BCUT2D eigenvalue weighted by molar-refractivity contribution is -0.179. The molecule has 2 saturated heterocycles. The number of amides is 2. The Morgan fingerprint density at radius 1 is 0.480 bits per heavy atom. The number of nitrogens with one attached hydrogen (secondary N) is 2. The number of benzene rings is 5. The number of aromatic nitrogens is 6. The number of hydrogen-bond acceptors (Lipinski definition) is 17. The van der Waals surface area contributed by atoms with E-state index in [1.165, 1.54) is 45.0 Å². The van der Waals surface area contributed by atoms with Crippen molar-refractivity contribution in [1.82, 2.24) is 40.0 Å². The number of nitrogens with two attached hydrogens (primary N) is 4. The zero-order valence-corrected chi connectivity index (χ0v) is 55.9. The van der Waals surface area contributed by atoms with Crippen molar-refractivity contribution in [2.24, 2.45) is 5.73 Å². The molecular formula is C74H84F2N12O10. The number of ether oxygens (including phenoxy) is 4. The molecule has 8 aromatic rings. The quantitative estimate of drug-likeness (QED) is 0.0490. The van der Waals surface area contributed by atoms with E-state index in [9.17, 15) is 37.5 Å². The normalized spacial score (nSPS) is 17.4. The monoisotopic (exact) mass is 1340 g/mol. The molecule has 24 heteroatoms. The van der Waals surface area contributed by atoms with Crippen LogP contribution in [0.4, 0.5) is 25.8 Å². The van der Waals surface area contributed by atoms with Crippen LogP contribution in [0.25, 0.3) is 17.1 Å². The Morgan fingerprint density at radius 2 is 0.786 bits per heavy atom. The Hall–Kier alpha value is -9.59. The molecule has 13 rings (SSSR count). The summed E-state index contributed by atoms with van der Waals surface area (Å²) < 4.78 is 55.2. The van der Waals surface area contributed by atoms with E-state index in [0.29, 0.717) is 132 Å². The Balaban J connectivity index is 0.000000151. The molecule has 10 N–H and O–H groups in total. The van der Waals surface area contributed by atoms with Gasteiger partial charge in [-0.2, -0.15) is 15.3 Å². The predicted molar refractivity (Wildman–Crippen MR) is 364 cm³/mol. The first kappa shape index (κ1) is 69.8. The first-order valence-electron chi connectivity index (χ1n) is 33.4. The number of Topliss-reactive ketones (excluding diaryl/α,β-unsaturated/α-hetero) is 4. The van der Waals surface area contributed by atoms with Gasteiger partial charge in [0, 0.05) is 108 Å². The van der Waals surface area contributed by atoms with Crippen LogP contribution in [0.2, 0.25) is 0 Å². The molecule has 5 fully saturated rings. The van der Waals surface area contributed by atoms with E-state index in [1.54, 1.807) is 40.0 Å². The van der Waals surface area contributed by atoms with E-state index in [4.69, 9.17) is 52.1 Å². The van der Waals surface area contributed by atoms with Crippen LogP contribution in [0.15, 0.2) is 109 Å². The van der Waals surface area contributed by atoms with Crippen LogP contribution in [0.5, 0.6) is 0 Å². The highest BCUT2D eigenvalue weighted by Gasteiger charge is 2.44. The van der Waals surface area contributed by atoms with Crippen LogP contribution >= 0.6 is 0 Å². The molecule has 3 aliphatic carbocycles. The van der Waals surface area contributed by atoms with Crippen LogP contribution in [-0.4, -0.2) is 102 Å². The fraction of sp³-hybridized carbons (Fsp3) is 0.392. The maximum atomic E-state index is 13.6. The van der Waals surface area contributed by atoms with E-state index >= 15 is 0 Å². The SMILES string of the molecule is CC(=O)c1c(N)c(C2CCC(=O)CC2)nn1-c1ccc(CNC(=O)c2cc(F)ccc2C)cc1.CC(=O)c1c(N)c(C2CCC3(CC2)OCCO3)nn1-c1ccc(CN)cc1.CC(=O)c1c(N)c(C2CCC3(CC2)OCCO3)nn1-c1ccc(CNC(=O)c2cc(F)ccc2C)cc1. The summed E-state index contributed by atoms with van der Waals surface area (Å²) in [6.45, 7) is 11.6. The van der Waals surface area contributed by atoms with Crippen molar-refractivity contribution in [3.8, 4) is 17.1 Å². The molecule has 0 unspecified atom stereocenters. The lowest BCUT2D eigenvalue weighted by atomic mass is 9.82. The molecular weight excluding hydrogens is 1250 g/mol. The number of nitrogens with zero attached hydrogens (tertiary/aromatic N) is 6. The fourth-order valence-corrected chi connectivity index (χ4v) is 13.8. The number of carbonyl (C=O) groups is 6. The number of rotatable bonds is 16. The molecule has 0 radical (unpaired) electrons. The Morgan fingerprint density at radius 3 is 1.09 bits per heavy atom. The van der Waals surface area contributed by atoms with E-state index in [-0.39, 0.29) is 65.8 Å². The molecule has 3 saturated carbocycles. The van der Waals surface area contributed by atoms with Crippen LogP contribution in [0.3, 0.4) is 0 Å². The van der Waals surface area contributed by atoms with Crippen molar-refractivity contribution < 1.29 is 56.5 Å². The van der Waals surface area contributed by atoms with Crippen molar-refractivity contribution in [2.75, 3.05) is 43.6 Å². The maximum absolute atomic E-state index is 13.6. The van der Waals surface area contributed by atoms with Crippen molar-refractivity contribution in [3.63, 3.8) is 0 Å².